The second kappa shape index (κ2) is 5.16. The third-order valence-corrected chi connectivity index (χ3v) is 3.20. The van der Waals surface area contributed by atoms with Crippen molar-refractivity contribution in [1.82, 2.24) is 15.0 Å². The minimum absolute atomic E-state index is 0.331. The molecule has 17 heavy (non-hydrogen) atoms. The molecule has 1 aliphatic rings. The van der Waals surface area contributed by atoms with Crippen LogP contribution in [0.5, 0.6) is 6.01 Å². The molecule has 2 rings (SSSR count). The monoisotopic (exact) mass is 237 g/mol. The Morgan fingerprint density at radius 3 is 2.53 bits per heavy atom. The Labute approximate surface area is 101 Å². The Kier molecular flexibility index (Phi) is 3.61. The summed E-state index contributed by atoms with van der Waals surface area (Å²) in [6.45, 7) is 2.25. The van der Waals surface area contributed by atoms with Gasteiger partial charge in [0.25, 0.3) is 0 Å². The molecule has 6 heteroatoms. The molecule has 0 aliphatic heterocycles. The zero-order valence-electron chi connectivity index (χ0n) is 10.5. The van der Waals surface area contributed by atoms with E-state index in [1.807, 2.05) is 0 Å². The van der Waals surface area contributed by atoms with Crippen molar-refractivity contribution < 1.29 is 4.74 Å². The van der Waals surface area contributed by atoms with Crippen LogP contribution in [-0.4, -0.2) is 35.2 Å². The third kappa shape index (κ3) is 2.75. The first-order chi connectivity index (χ1) is 8.22. The second-order valence-corrected chi connectivity index (χ2v) is 4.38. The Hall–Kier alpha value is -1.59. The minimum atomic E-state index is 0.331. The van der Waals surface area contributed by atoms with Crippen LogP contribution in [0, 0.1) is 5.92 Å². The molecule has 0 aromatic carbocycles. The van der Waals surface area contributed by atoms with Gasteiger partial charge in [0.15, 0.2) is 0 Å². The predicted octanol–water partition coefficient (Wildman–Crippen LogP) is 1.52. The highest BCUT2D eigenvalue weighted by Gasteiger charge is 2.24. The van der Waals surface area contributed by atoms with Crippen LogP contribution in [-0.2, 0) is 0 Å². The Bertz CT molecular complexity index is 362. The standard InChI is InChI=1S/C11H19N5O/c1-7-5-4-6-8(7)13-10-14-9(12-2)15-11(16-10)17-3/h7-8H,4-6H2,1-3H3,(H2,12,13,14,15,16). The summed E-state index contributed by atoms with van der Waals surface area (Å²) in [7, 11) is 3.33. The van der Waals surface area contributed by atoms with Crippen molar-refractivity contribution in [3.63, 3.8) is 0 Å². The molecular weight excluding hydrogens is 218 g/mol. The van der Waals surface area contributed by atoms with E-state index in [-0.39, 0.29) is 0 Å². The number of nitrogens with zero attached hydrogens (tertiary/aromatic N) is 3. The predicted molar refractivity (Wildman–Crippen MR) is 66.4 cm³/mol. The van der Waals surface area contributed by atoms with Gasteiger partial charge in [-0.2, -0.15) is 15.0 Å². The molecule has 2 unspecified atom stereocenters. The smallest absolute Gasteiger partial charge is 0.322 e. The molecule has 94 valence electrons. The van der Waals surface area contributed by atoms with Gasteiger partial charge >= 0.3 is 6.01 Å². The lowest BCUT2D eigenvalue weighted by molar-refractivity contribution is 0.379. The minimum Gasteiger partial charge on any atom is -0.467 e. The highest BCUT2D eigenvalue weighted by Crippen LogP contribution is 2.27. The molecule has 1 aromatic heterocycles. The summed E-state index contributed by atoms with van der Waals surface area (Å²) in [6, 6.07) is 0.782. The number of nitrogens with one attached hydrogen (secondary N) is 2. The average molecular weight is 237 g/mol. The molecule has 0 radical (unpaired) electrons. The first kappa shape index (κ1) is 11.9. The summed E-state index contributed by atoms with van der Waals surface area (Å²) in [6.07, 6.45) is 3.70. The summed E-state index contributed by atoms with van der Waals surface area (Å²) >= 11 is 0. The fourth-order valence-electron chi connectivity index (χ4n) is 2.15. The SMILES string of the molecule is CNc1nc(NC2CCCC2C)nc(OC)n1. The van der Waals surface area contributed by atoms with Gasteiger partial charge in [-0.05, 0) is 18.8 Å². The zero-order valence-corrected chi connectivity index (χ0v) is 10.5. The van der Waals surface area contributed by atoms with Gasteiger partial charge in [0.1, 0.15) is 0 Å². The highest BCUT2D eigenvalue weighted by atomic mass is 16.5. The van der Waals surface area contributed by atoms with Gasteiger partial charge in [-0.3, -0.25) is 0 Å². The molecule has 1 fully saturated rings. The van der Waals surface area contributed by atoms with E-state index < -0.39 is 0 Å². The second-order valence-electron chi connectivity index (χ2n) is 4.38. The van der Waals surface area contributed by atoms with Crippen LogP contribution in [0.25, 0.3) is 0 Å². The van der Waals surface area contributed by atoms with Crippen LogP contribution in [0.3, 0.4) is 0 Å². The number of hydrogen-bond acceptors (Lipinski definition) is 6. The van der Waals surface area contributed by atoms with Gasteiger partial charge < -0.3 is 15.4 Å². The quantitative estimate of drug-likeness (QED) is 0.827. The van der Waals surface area contributed by atoms with E-state index in [9.17, 15) is 0 Å². The summed E-state index contributed by atoms with van der Waals surface area (Å²) in [5.74, 6) is 1.76. The third-order valence-electron chi connectivity index (χ3n) is 3.20. The number of rotatable bonds is 4. The highest BCUT2D eigenvalue weighted by molar-refractivity contribution is 5.36. The molecule has 0 amide bonds. The number of aromatic nitrogens is 3. The fraction of sp³-hybridized carbons (Fsp3) is 0.727. The maximum Gasteiger partial charge on any atom is 0.322 e. The average Bonchev–Trinajstić information content (AvgIpc) is 2.74. The Morgan fingerprint density at radius 1 is 1.18 bits per heavy atom. The first-order valence-electron chi connectivity index (χ1n) is 5.97. The van der Waals surface area contributed by atoms with E-state index in [0.717, 1.165) is 0 Å². The topological polar surface area (TPSA) is 72.0 Å². The van der Waals surface area contributed by atoms with Gasteiger partial charge in [-0.15, -0.1) is 0 Å². The zero-order chi connectivity index (χ0) is 12.3. The van der Waals surface area contributed by atoms with Crippen molar-refractivity contribution in [1.29, 1.82) is 0 Å². The molecule has 0 saturated heterocycles. The lowest BCUT2D eigenvalue weighted by Crippen LogP contribution is -2.23. The van der Waals surface area contributed by atoms with Gasteiger partial charge in [-0.25, -0.2) is 0 Å². The molecule has 2 N–H and O–H groups in total. The van der Waals surface area contributed by atoms with Crippen LogP contribution >= 0.6 is 0 Å². The van der Waals surface area contributed by atoms with Crippen LogP contribution in [0.2, 0.25) is 0 Å². The van der Waals surface area contributed by atoms with E-state index in [4.69, 9.17) is 4.74 Å². The molecule has 6 nitrogen and oxygen atoms in total. The summed E-state index contributed by atoms with van der Waals surface area (Å²) in [4.78, 5) is 12.5. The maximum atomic E-state index is 5.05. The van der Waals surface area contributed by atoms with Crippen LogP contribution in [0.1, 0.15) is 26.2 Å². The molecule has 2 atom stereocenters. The van der Waals surface area contributed by atoms with Crippen LogP contribution in [0.4, 0.5) is 11.9 Å². The Balaban J connectivity index is 2.14. The fourth-order valence-corrected chi connectivity index (χ4v) is 2.15. The van der Waals surface area contributed by atoms with E-state index >= 15 is 0 Å². The van der Waals surface area contributed by atoms with Crippen molar-refractivity contribution in [2.75, 3.05) is 24.8 Å². The molecule has 1 saturated carbocycles. The van der Waals surface area contributed by atoms with E-state index in [1.165, 1.54) is 19.3 Å². The number of ether oxygens (including phenoxy) is 1. The van der Waals surface area contributed by atoms with Crippen molar-refractivity contribution in [2.45, 2.75) is 32.2 Å². The lowest BCUT2D eigenvalue weighted by Gasteiger charge is -2.17. The summed E-state index contributed by atoms with van der Waals surface area (Å²) < 4.78 is 5.05. The maximum absolute atomic E-state index is 5.05. The molecule has 0 bridgehead atoms. The van der Waals surface area contributed by atoms with Crippen molar-refractivity contribution >= 4 is 11.9 Å². The van der Waals surface area contributed by atoms with E-state index in [0.29, 0.717) is 29.9 Å². The van der Waals surface area contributed by atoms with Gasteiger partial charge in [0.05, 0.1) is 7.11 Å². The van der Waals surface area contributed by atoms with Crippen LogP contribution in [0.15, 0.2) is 0 Å². The molecule has 1 aliphatic carbocycles. The molecular formula is C11H19N5O. The van der Waals surface area contributed by atoms with Crippen molar-refractivity contribution in [3.8, 4) is 6.01 Å². The Morgan fingerprint density at radius 2 is 1.94 bits per heavy atom. The first-order valence-corrected chi connectivity index (χ1v) is 5.97. The molecule has 1 aromatic rings. The molecule has 0 spiro atoms. The van der Waals surface area contributed by atoms with Gasteiger partial charge in [0.2, 0.25) is 11.9 Å². The number of methoxy groups -OCH3 is 1. The molecule has 1 heterocycles. The van der Waals surface area contributed by atoms with Gasteiger partial charge in [0, 0.05) is 13.1 Å². The number of anilines is 2. The van der Waals surface area contributed by atoms with E-state index in [2.05, 4.69) is 32.5 Å². The van der Waals surface area contributed by atoms with Crippen molar-refractivity contribution in [2.24, 2.45) is 5.92 Å². The largest absolute Gasteiger partial charge is 0.467 e. The summed E-state index contributed by atoms with van der Waals surface area (Å²) in [5, 5.41) is 6.25. The van der Waals surface area contributed by atoms with Crippen molar-refractivity contribution in [3.05, 3.63) is 0 Å². The summed E-state index contributed by atoms with van der Waals surface area (Å²) in [5.41, 5.74) is 0. The van der Waals surface area contributed by atoms with Gasteiger partial charge in [-0.1, -0.05) is 13.3 Å². The number of hydrogen-bond donors (Lipinski definition) is 2. The lowest BCUT2D eigenvalue weighted by atomic mass is 10.1. The van der Waals surface area contributed by atoms with E-state index in [1.54, 1.807) is 14.2 Å². The normalized spacial score (nSPS) is 23.5. The van der Waals surface area contributed by atoms with Crippen LogP contribution < -0.4 is 15.4 Å².